The fourth-order valence-electron chi connectivity index (χ4n) is 2.50. The number of nitrogens with zero attached hydrogens (tertiary/aromatic N) is 2. The molecule has 0 bridgehead atoms. The van der Waals surface area contributed by atoms with Crippen LogP contribution in [0, 0.1) is 17.1 Å². The molecule has 0 fully saturated rings. The van der Waals surface area contributed by atoms with Gasteiger partial charge in [-0.25, -0.2) is 9.38 Å². The van der Waals surface area contributed by atoms with Crippen molar-refractivity contribution in [3.05, 3.63) is 70.5 Å². The first-order valence-corrected chi connectivity index (χ1v) is 9.23. The van der Waals surface area contributed by atoms with Crippen LogP contribution in [-0.2, 0) is 24.4 Å². The summed E-state index contributed by atoms with van der Waals surface area (Å²) in [5, 5.41) is 15.0. The first-order valence-electron chi connectivity index (χ1n) is 9.23. The van der Waals surface area contributed by atoms with Crippen molar-refractivity contribution in [3.63, 3.8) is 0 Å². The first kappa shape index (κ1) is 23.2. The fourth-order valence-corrected chi connectivity index (χ4v) is 2.50. The Morgan fingerprint density at radius 2 is 1.80 bits per heavy atom. The maximum atomic E-state index is 13.9. The van der Waals surface area contributed by atoms with Crippen LogP contribution in [-0.4, -0.2) is 25.3 Å². The van der Waals surface area contributed by atoms with Gasteiger partial charge in [-0.15, -0.1) is 0 Å². The average Bonchev–Trinajstić information content (AvgIpc) is 2.71. The largest absolute Gasteiger partial charge is 0.411 e. The standard InChI is InChI=1S/C21H22F4N4O/c1-2-27-20(29-12-18-9-17(10-26)7-8-19(18)22)28-11-15-3-5-16(6-4-15)13-30-14-21(23,24)25/h3-9H,2,11-14H2,1H3,(H2,27,28,29). The molecule has 9 heteroatoms. The molecule has 0 saturated carbocycles. The maximum Gasteiger partial charge on any atom is 0.411 e. The molecule has 0 amide bonds. The summed E-state index contributed by atoms with van der Waals surface area (Å²) in [6, 6.07) is 13.0. The normalized spacial score (nSPS) is 11.8. The van der Waals surface area contributed by atoms with Crippen LogP contribution in [0.2, 0.25) is 0 Å². The van der Waals surface area contributed by atoms with Gasteiger partial charge in [-0.3, -0.25) is 0 Å². The van der Waals surface area contributed by atoms with Crippen molar-refractivity contribution in [3.8, 4) is 6.07 Å². The van der Waals surface area contributed by atoms with Crippen molar-refractivity contribution in [2.24, 2.45) is 4.99 Å². The van der Waals surface area contributed by atoms with Gasteiger partial charge in [-0.2, -0.15) is 18.4 Å². The molecule has 0 spiro atoms. The second-order valence-corrected chi connectivity index (χ2v) is 6.39. The Labute approximate surface area is 172 Å². The molecule has 0 aliphatic carbocycles. The summed E-state index contributed by atoms with van der Waals surface area (Å²) in [7, 11) is 0. The van der Waals surface area contributed by atoms with Crippen LogP contribution in [0.15, 0.2) is 47.5 Å². The summed E-state index contributed by atoms with van der Waals surface area (Å²) in [5.74, 6) is 0.0533. The van der Waals surface area contributed by atoms with E-state index in [0.717, 1.165) is 5.56 Å². The van der Waals surface area contributed by atoms with E-state index in [-0.39, 0.29) is 13.2 Å². The zero-order chi connectivity index (χ0) is 22.0. The number of hydrogen-bond donors (Lipinski definition) is 2. The summed E-state index contributed by atoms with van der Waals surface area (Å²) in [6.07, 6.45) is -4.34. The van der Waals surface area contributed by atoms with E-state index in [0.29, 0.717) is 35.7 Å². The van der Waals surface area contributed by atoms with Crippen molar-refractivity contribution in [2.45, 2.75) is 32.8 Å². The van der Waals surface area contributed by atoms with E-state index in [1.54, 1.807) is 24.3 Å². The average molecular weight is 422 g/mol. The van der Waals surface area contributed by atoms with Crippen molar-refractivity contribution in [1.29, 1.82) is 5.26 Å². The third kappa shape index (κ3) is 8.09. The summed E-state index contributed by atoms with van der Waals surface area (Å²) in [4.78, 5) is 4.42. The Balaban J connectivity index is 1.93. The van der Waals surface area contributed by atoms with Crippen molar-refractivity contribution in [1.82, 2.24) is 10.6 Å². The number of nitrogens with one attached hydrogen (secondary N) is 2. The molecule has 2 aromatic carbocycles. The van der Waals surface area contributed by atoms with E-state index in [2.05, 4.69) is 20.4 Å². The Morgan fingerprint density at radius 3 is 2.43 bits per heavy atom. The molecule has 0 radical (unpaired) electrons. The number of guanidine groups is 1. The molecule has 0 heterocycles. The minimum atomic E-state index is -4.34. The molecule has 2 rings (SSSR count). The molecule has 0 saturated heterocycles. The highest BCUT2D eigenvalue weighted by molar-refractivity contribution is 5.79. The van der Waals surface area contributed by atoms with Crippen LogP contribution >= 0.6 is 0 Å². The zero-order valence-corrected chi connectivity index (χ0v) is 16.4. The minimum absolute atomic E-state index is 0.124. The van der Waals surface area contributed by atoms with Gasteiger partial charge >= 0.3 is 6.18 Å². The third-order valence-corrected chi connectivity index (χ3v) is 3.94. The van der Waals surface area contributed by atoms with Gasteiger partial charge in [0.1, 0.15) is 12.4 Å². The van der Waals surface area contributed by atoms with E-state index >= 15 is 0 Å². The van der Waals surface area contributed by atoms with E-state index in [9.17, 15) is 17.6 Å². The molecule has 0 aromatic heterocycles. The lowest BCUT2D eigenvalue weighted by Crippen LogP contribution is -2.37. The Bertz CT molecular complexity index is 889. The van der Waals surface area contributed by atoms with E-state index in [1.165, 1.54) is 18.2 Å². The molecule has 5 nitrogen and oxygen atoms in total. The highest BCUT2D eigenvalue weighted by Crippen LogP contribution is 2.16. The monoisotopic (exact) mass is 422 g/mol. The number of alkyl halides is 3. The molecule has 2 N–H and O–H groups in total. The number of nitriles is 1. The van der Waals surface area contributed by atoms with Crippen LogP contribution in [0.25, 0.3) is 0 Å². The van der Waals surface area contributed by atoms with E-state index < -0.39 is 18.6 Å². The van der Waals surface area contributed by atoms with Crippen molar-refractivity contribution in [2.75, 3.05) is 13.2 Å². The second-order valence-electron chi connectivity index (χ2n) is 6.39. The predicted molar refractivity (Wildman–Crippen MR) is 105 cm³/mol. The first-order chi connectivity index (χ1) is 14.3. The number of benzene rings is 2. The van der Waals surface area contributed by atoms with Crippen LogP contribution in [0.3, 0.4) is 0 Å². The lowest BCUT2D eigenvalue weighted by Gasteiger charge is -2.12. The number of rotatable bonds is 8. The molecule has 30 heavy (non-hydrogen) atoms. The van der Waals surface area contributed by atoms with Gasteiger partial charge in [0.05, 0.1) is 24.8 Å². The number of halogens is 4. The van der Waals surface area contributed by atoms with Gasteiger partial charge < -0.3 is 15.4 Å². The molecule has 2 aromatic rings. The Kier molecular flexibility index (Phi) is 8.62. The zero-order valence-electron chi connectivity index (χ0n) is 16.4. The predicted octanol–water partition coefficient (Wildman–Crippen LogP) is 4.03. The smallest absolute Gasteiger partial charge is 0.367 e. The highest BCUT2D eigenvalue weighted by atomic mass is 19.4. The topological polar surface area (TPSA) is 69.4 Å². The summed E-state index contributed by atoms with van der Waals surface area (Å²) < 4.78 is 54.9. The van der Waals surface area contributed by atoms with Crippen LogP contribution in [0.5, 0.6) is 0 Å². The molecule has 0 aliphatic rings. The summed E-state index contributed by atoms with van der Waals surface area (Å²) in [6.45, 7) is 1.56. The van der Waals surface area contributed by atoms with Gasteiger partial charge in [-0.05, 0) is 36.2 Å². The molecule has 0 atom stereocenters. The van der Waals surface area contributed by atoms with Crippen LogP contribution in [0.4, 0.5) is 17.6 Å². The Morgan fingerprint density at radius 1 is 1.10 bits per heavy atom. The van der Waals surface area contributed by atoms with Gasteiger partial charge in [0.15, 0.2) is 5.96 Å². The molecular weight excluding hydrogens is 400 g/mol. The number of aliphatic imine (C=N–C) groups is 1. The Hall–Kier alpha value is -3.12. The number of ether oxygens (including phenoxy) is 1. The van der Waals surface area contributed by atoms with Gasteiger partial charge in [0.25, 0.3) is 0 Å². The lowest BCUT2D eigenvalue weighted by atomic mass is 10.1. The van der Waals surface area contributed by atoms with Gasteiger partial charge in [-0.1, -0.05) is 24.3 Å². The molecule has 0 aliphatic heterocycles. The quantitative estimate of drug-likeness (QED) is 0.383. The van der Waals surface area contributed by atoms with Crippen LogP contribution in [0.1, 0.15) is 29.2 Å². The molecule has 160 valence electrons. The second kappa shape index (κ2) is 11.2. The van der Waals surface area contributed by atoms with Gasteiger partial charge in [0.2, 0.25) is 0 Å². The third-order valence-electron chi connectivity index (χ3n) is 3.94. The van der Waals surface area contributed by atoms with Crippen LogP contribution < -0.4 is 10.6 Å². The SMILES string of the molecule is CCNC(=NCc1ccc(COCC(F)(F)F)cc1)NCc1cc(C#N)ccc1F. The fraction of sp³-hybridized carbons (Fsp3) is 0.333. The summed E-state index contributed by atoms with van der Waals surface area (Å²) in [5.41, 5.74) is 2.20. The van der Waals surface area contributed by atoms with Gasteiger partial charge in [0, 0.05) is 18.7 Å². The maximum absolute atomic E-state index is 13.9. The van der Waals surface area contributed by atoms with E-state index in [4.69, 9.17) is 5.26 Å². The summed E-state index contributed by atoms with van der Waals surface area (Å²) >= 11 is 0. The van der Waals surface area contributed by atoms with E-state index in [1.807, 2.05) is 13.0 Å². The van der Waals surface area contributed by atoms with Crippen molar-refractivity contribution >= 4 is 5.96 Å². The van der Waals surface area contributed by atoms with Crippen molar-refractivity contribution < 1.29 is 22.3 Å². The lowest BCUT2D eigenvalue weighted by molar-refractivity contribution is -0.176. The number of hydrogen-bond acceptors (Lipinski definition) is 3. The highest BCUT2D eigenvalue weighted by Gasteiger charge is 2.27. The molecular formula is C21H22F4N4O. The minimum Gasteiger partial charge on any atom is -0.367 e. The molecule has 0 unspecified atom stereocenters.